The van der Waals surface area contributed by atoms with E-state index in [1.54, 1.807) is 41.4 Å². The molecule has 1 aliphatic heterocycles. The van der Waals surface area contributed by atoms with Gasteiger partial charge in [-0.3, -0.25) is 14.4 Å². The second-order valence-electron chi connectivity index (χ2n) is 9.97. The van der Waals surface area contributed by atoms with Gasteiger partial charge in [0.2, 0.25) is 5.91 Å². The number of aryl methyl sites for hydroxylation is 2. The highest BCUT2D eigenvalue weighted by atomic mass is 16.5. The van der Waals surface area contributed by atoms with Crippen LogP contribution in [0, 0.1) is 12.8 Å². The number of nitrogens with zero attached hydrogens (tertiary/aromatic N) is 6. The third-order valence-corrected chi connectivity index (χ3v) is 6.60. The van der Waals surface area contributed by atoms with Crippen LogP contribution in [0.15, 0.2) is 30.7 Å². The second-order valence-corrected chi connectivity index (χ2v) is 9.97. The van der Waals surface area contributed by atoms with Gasteiger partial charge in [-0.15, -0.1) is 0 Å². The zero-order valence-electron chi connectivity index (χ0n) is 23.5. The summed E-state index contributed by atoms with van der Waals surface area (Å²) in [5.41, 5.74) is 0.775. The number of rotatable bonds is 3. The first kappa shape index (κ1) is 28.6. The van der Waals surface area contributed by atoms with Crippen molar-refractivity contribution in [3.8, 4) is 11.5 Å². The third-order valence-electron chi connectivity index (χ3n) is 6.60. The lowest BCUT2D eigenvalue weighted by Gasteiger charge is -2.26. The largest absolute Gasteiger partial charge is 0.493 e. The molecule has 3 heterocycles. The number of methoxy groups -OCH3 is 1. The fourth-order valence-corrected chi connectivity index (χ4v) is 4.51. The Morgan fingerprint density at radius 3 is 2.73 bits per heavy atom. The molecule has 4 rings (SSSR count). The van der Waals surface area contributed by atoms with Crippen molar-refractivity contribution in [2.24, 2.45) is 13.0 Å². The van der Waals surface area contributed by atoms with E-state index < -0.39 is 6.04 Å². The molecule has 0 saturated carbocycles. The van der Waals surface area contributed by atoms with Crippen LogP contribution in [0.2, 0.25) is 0 Å². The minimum absolute atomic E-state index is 0.00831. The number of carbonyl (C=O) groups excluding carboxylic acids is 3. The van der Waals surface area contributed by atoms with E-state index in [4.69, 9.17) is 9.47 Å². The summed E-state index contributed by atoms with van der Waals surface area (Å²) in [6, 6.07) is 4.54. The van der Waals surface area contributed by atoms with Gasteiger partial charge in [0.25, 0.3) is 11.8 Å². The lowest BCUT2D eigenvalue weighted by molar-refractivity contribution is -0.123. The molecule has 0 spiro atoms. The molecule has 3 amide bonds. The van der Waals surface area contributed by atoms with Crippen molar-refractivity contribution in [3.05, 3.63) is 53.6 Å². The minimum atomic E-state index is -0.446. The van der Waals surface area contributed by atoms with Gasteiger partial charge in [0, 0.05) is 25.7 Å². The quantitative estimate of drug-likeness (QED) is 0.497. The first-order valence-corrected chi connectivity index (χ1v) is 13.2. The smallest absolute Gasteiger partial charge is 0.272 e. The molecule has 2 bridgehead atoms. The van der Waals surface area contributed by atoms with E-state index in [0.29, 0.717) is 53.9 Å². The molecule has 0 unspecified atom stereocenters. The Morgan fingerprint density at radius 1 is 1.23 bits per heavy atom. The summed E-state index contributed by atoms with van der Waals surface area (Å²) in [6.07, 6.45) is 3.44. The summed E-state index contributed by atoms with van der Waals surface area (Å²) < 4.78 is 14.7. The summed E-state index contributed by atoms with van der Waals surface area (Å²) in [7, 11) is 3.26. The van der Waals surface area contributed by atoms with Crippen LogP contribution in [0.4, 0.5) is 0 Å². The first-order chi connectivity index (χ1) is 19.2. The van der Waals surface area contributed by atoms with Gasteiger partial charge in [-0.05, 0) is 37.5 Å². The van der Waals surface area contributed by atoms with E-state index in [1.807, 2.05) is 13.8 Å². The molecule has 1 atom stereocenters. The lowest BCUT2D eigenvalue weighted by atomic mass is 10.0. The van der Waals surface area contributed by atoms with Crippen LogP contribution in [0.3, 0.4) is 0 Å². The Bertz CT molecular complexity index is 1360. The lowest BCUT2D eigenvalue weighted by Crippen LogP contribution is -2.44. The van der Waals surface area contributed by atoms with Crippen LogP contribution in [0.25, 0.3) is 0 Å². The number of imidazole rings is 1. The number of aromatic nitrogens is 5. The molecule has 2 N–H and O–H groups in total. The van der Waals surface area contributed by atoms with Gasteiger partial charge >= 0.3 is 0 Å². The van der Waals surface area contributed by atoms with Crippen LogP contribution in [-0.4, -0.2) is 80.3 Å². The van der Waals surface area contributed by atoms with Crippen LogP contribution in [0.5, 0.6) is 11.5 Å². The van der Waals surface area contributed by atoms with E-state index in [2.05, 4.69) is 25.7 Å². The third kappa shape index (κ3) is 6.58. The summed E-state index contributed by atoms with van der Waals surface area (Å²) >= 11 is 0. The number of benzene rings is 1. The van der Waals surface area contributed by atoms with Gasteiger partial charge in [-0.2, -0.15) is 5.10 Å². The molecular weight excluding hydrogens is 516 g/mol. The molecule has 0 radical (unpaired) electrons. The average Bonchev–Trinajstić information content (AvgIpc) is 3.52. The zero-order valence-corrected chi connectivity index (χ0v) is 23.5. The van der Waals surface area contributed by atoms with Crippen molar-refractivity contribution in [2.45, 2.75) is 39.8 Å². The molecule has 1 aromatic carbocycles. The molecule has 2 aromatic heterocycles. The number of hydrogen-bond donors (Lipinski definition) is 2. The topological polar surface area (TPSA) is 146 Å². The van der Waals surface area contributed by atoms with Crippen LogP contribution in [-0.2, 0) is 18.4 Å². The fourth-order valence-electron chi connectivity index (χ4n) is 4.51. The summed E-state index contributed by atoms with van der Waals surface area (Å²) in [4.78, 5) is 49.6. The Hall–Kier alpha value is -4.42. The van der Waals surface area contributed by atoms with Gasteiger partial charge in [0.05, 0.1) is 38.8 Å². The normalized spacial score (nSPS) is 17.2. The molecule has 0 saturated heterocycles. The van der Waals surface area contributed by atoms with Crippen molar-refractivity contribution >= 4 is 17.7 Å². The number of hydrogen-bond acceptors (Lipinski definition) is 8. The maximum Gasteiger partial charge on any atom is 0.272 e. The van der Waals surface area contributed by atoms with E-state index in [1.165, 1.54) is 24.5 Å². The van der Waals surface area contributed by atoms with Gasteiger partial charge in [-0.25, -0.2) is 14.6 Å². The maximum absolute atomic E-state index is 13.4. The maximum atomic E-state index is 13.4. The first-order valence-electron chi connectivity index (χ1n) is 13.2. The standard InChI is InChI=1S/C27H36N8O5/c1-17(2)24-25-30-18(3)32-35(25)11-12-40-22-13-19(7-8-21(22)39-5)26(37)29-9-6-10-34(15-23(36)31-24)27(38)20-14-28-16-33(20)4/h7-8,13-14,16-17,24H,6,9-12,15H2,1-5H3,(H,29,37)(H,31,36)/t24-/m0/s1. The Morgan fingerprint density at radius 2 is 2.02 bits per heavy atom. The number of amides is 3. The number of fused-ring (bicyclic) bond motifs is 3. The highest BCUT2D eigenvalue weighted by Crippen LogP contribution is 2.28. The van der Waals surface area contributed by atoms with Crippen molar-refractivity contribution in [3.63, 3.8) is 0 Å². The Labute approximate surface area is 232 Å². The van der Waals surface area contributed by atoms with Crippen LogP contribution >= 0.6 is 0 Å². The average molecular weight is 553 g/mol. The van der Waals surface area contributed by atoms with Crippen LogP contribution in [0.1, 0.15) is 58.8 Å². The Balaban J connectivity index is 1.66. The van der Waals surface area contributed by atoms with Crippen LogP contribution < -0.4 is 20.1 Å². The number of nitrogens with one attached hydrogen (secondary N) is 2. The van der Waals surface area contributed by atoms with Crippen molar-refractivity contribution < 1.29 is 23.9 Å². The van der Waals surface area contributed by atoms with Gasteiger partial charge in [0.15, 0.2) is 11.5 Å². The molecule has 214 valence electrons. The highest BCUT2D eigenvalue weighted by Gasteiger charge is 2.27. The van der Waals surface area contributed by atoms with Gasteiger partial charge in [-0.1, -0.05) is 13.8 Å². The molecule has 13 heteroatoms. The molecule has 0 aliphatic carbocycles. The number of ether oxygens (including phenoxy) is 2. The van der Waals surface area contributed by atoms with E-state index in [0.717, 1.165) is 0 Å². The van der Waals surface area contributed by atoms with Crippen molar-refractivity contribution in [1.82, 2.24) is 39.8 Å². The molecular formula is C27H36N8O5. The predicted octanol–water partition coefficient (Wildman–Crippen LogP) is 1.50. The molecule has 13 nitrogen and oxygen atoms in total. The van der Waals surface area contributed by atoms with Gasteiger partial charge in [0.1, 0.15) is 23.9 Å². The molecule has 1 aliphatic rings. The summed E-state index contributed by atoms with van der Waals surface area (Å²) in [5.74, 6) is 1.13. The molecule has 3 aromatic rings. The van der Waals surface area contributed by atoms with E-state index >= 15 is 0 Å². The van der Waals surface area contributed by atoms with E-state index in [9.17, 15) is 14.4 Å². The predicted molar refractivity (Wildman–Crippen MR) is 145 cm³/mol. The number of carbonyl (C=O) groups is 3. The minimum Gasteiger partial charge on any atom is -0.493 e. The highest BCUT2D eigenvalue weighted by molar-refractivity contribution is 5.95. The monoisotopic (exact) mass is 552 g/mol. The van der Waals surface area contributed by atoms with Crippen molar-refractivity contribution in [1.29, 1.82) is 0 Å². The summed E-state index contributed by atoms with van der Waals surface area (Å²) in [6.45, 7) is 6.71. The molecule has 0 fully saturated rings. The van der Waals surface area contributed by atoms with Gasteiger partial charge < -0.3 is 29.6 Å². The van der Waals surface area contributed by atoms with E-state index in [-0.39, 0.29) is 43.3 Å². The van der Waals surface area contributed by atoms with Crippen molar-refractivity contribution in [2.75, 3.05) is 33.4 Å². The Kier molecular flexibility index (Phi) is 9.02. The second kappa shape index (κ2) is 12.6. The molecule has 40 heavy (non-hydrogen) atoms. The SMILES string of the molecule is COc1ccc2cc1OCCn1nc(C)nc1[C@H](C(C)C)NC(=O)CN(C(=O)c1cncn1C)CCCNC2=O. The zero-order chi connectivity index (χ0) is 28.8. The fraction of sp³-hybridized carbons (Fsp3) is 0.481. The summed E-state index contributed by atoms with van der Waals surface area (Å²) in [5, 5.41) is 10.4.